The number of ether oxygens (including phenoxy) is 1. The van der Waals surface area contributed by atoms with Crippen molar-refractivity contribution < 1.29 is 17.9 Å². The van der Waals surface area contributed by atoms with E-state index in [1.165, 1.54) is 0 Å². The summed E-state index contributed by atoms with van der Waals surface area (Å²) in [6, 6.07) is 4.56. The maximum Gasteiger partial charge on any atom is 0.316 e. The van der Waals surface area contributed by atoms with Crippen molar-refractivity contribution >= 4 is 27.4 Å². The fourth-order valence-corrected chi connectivity index (χ4v) is 4.14. The molecule has 3 rings (SSSR count). The van der Waals surface area contributed by atoms with Gasteiger partial charge in [-0.25, -0.2) is 13.2 Å². The Balaban J connectivity index is 2.09. The molecule has 1 aromatic carbocycles. The molecule has 2 aliphatic heterocycles. The van der Waals surface area contributed by atoms with Crippen LogP contribution in [-0.4, -0.2) is 50.0 Å². The maximum atomic E-state index is 11.8. The first-order valence-corrected chi connectivity index (χ1v) is 9.55. The Morgan fingerprint density at radius 3 is 2.67 bits per heavy atom. The van der Waals surface area contributed by atoms with E-state index in [-0.39, 0.29) is 12.1 Å². The summed E-state index contributed by atoms with van der Waals surface area (Å²) >= 11 is 0. The molecule has 24 heavy (non-hydrogen) atoms. The van der Waals surface area contributed by atoms with Gasteiger partial charge in [0.05, 0.1) is 23.7 Å². The first-order valence-electron chi connectivity index (χ1n) is 7.65. The highest BCUT2D eigenvalue weighted by Gasteiger charge is 2.52. The van der Waals surface area contributed by atoms with Crippen LogP contribution >= 0.6 is 0 Å². The summed E-state index contributed by atoms with van der Waals surface area (Å²) in [5.41, 5.74) is 6.07. The number of urea groups is 1. The zero-order chi connectivity index (χ0) is 17.9. The molecule has 0 aromatic heterocycles. The van der Waals surface area contributed by atoms with Gasteiger partial charge < -0.3 is 20.3 Å². The Labute approximate surface area is 141 Å². The Morgan fingerprint density at radius 2 is 2.08 bits per heavy atom. The van der Waals surface area contributed by atoms with Crippen molar-refractivity contribution in [2.75, 3.05) is 22.4 Å². The summed E-state index contributed by atoms with van der Waals surface area (Å²) in [4.78, 5) is 15.5. The smallest absolute Gasteiger partial charge is 0.316 e. The lowest BCUT2D eigenvalue weighted by molar-refractivity contribution is 0.175. The quantitative estimate of drug-likeness (QED) is 0.829. The van der Waals surface area contributed by atoms with Crippen LogP contribution < -0.4 is 20.1 Å². The van der Waals surface area contributed by atoms with E-state index in [9.17, 15) is 13.2 Å². The molecule has 2 amide bonds. The number of hydrogen-bond donors (Lipinski definition) is 2. The second-order valence-corrected chi connectivity index (χ2v) is 8.51. The number of carbonyl (C=O) groups excluding carboxylic acids is 1. The Kier molecular flexibility index (Phi) is 3.59. The molecule has 1 fully saturated rings. The minimum absolute atomic E-state index is 0.0616. The number of fused-ring (bicyclic) bond motifs is 3. The maximum absolute atomic E-state index is 11.8. The number of sulfonamides is 1. The van der Waals surface area contributed by atoms with Crippen molar-refractivity contribution in [3.05, 3.63) is 18.2 Å². The van der Waals surface area contributed by atoms with Crippen molar-refractivity contribution in [2.24, 2.45) is 5.73 Å². The number of hydrogen-bond acceptors (Lipinski definition) is 5. The SMILES string of the molecule is CC1Oc2ccc(NS(C)(=O)=O)cc2N2C1CN(C(N)=O)C2(C)C. The van der Waals surface area contributed by atoms with Crippen molar-refractivity contribution in [3.8, 4) is 5.75 Å². The molecule has 132 valence electrons. The zero-order valence-electron chi connectivity index (χ0n) is 14.1. The first-order chi connectivity index (χ1) is 11.0. The second-order valence-electron chi connectivity index (χ2n) is 6.76. The second kappa shape index (κ2) is 5.17. The third kappa shape index (κ3) is 2.62. The van der Waals surface area contributed by atoms with Gasteiger partial charge in [-0.15, -0.1) is 0 Å². The third-order valence-electron chi connectivity index (χ3n) is 4.59. The molecular weight excluding hydrogens is 332 g/mol. The largest absolute Gasteiger partial charge is 0.486 e. The van der Waals surface area contributed by atoms with Crippen LogP contribution in [0.15, 0.2) is 18.2 Å². The molecule has 9 heteroatoms. The lowest BCUT2D eigenvalue weighted by Gasteiger charge is -2.44. The Bertz CT molecular complexity index is 793. The van der Waals surface area contributed by atoms with E-state index in [2.05, 4.69) is 9.62 Å². The van der Waals surface area contributed by atoms with Gasteiger partial charge in [0.2, 0.25) is 10.0 Å². The predicted molar refractivity (Wildman–Crippen MR) is 91.6 cm³/mol. The highest BCUT2D eigenvalue weighted by Crippen LogP contribution is 2.46. The number of primary amides is 1. The van der Waals surface area contributed by atoms with E-state index in [0.717, 1.165) is 11.9 Å². The molecule has 8 nitrogen and oxygen atoms in total. The van der Waals surface area contributed by atoms with E-state index in [4.69, 9.17) is 10.5 Å². The Hall–Kier alpha value is -2.16. The molecule has 0 bridgehead atoms. The van der Waals surface area contributed by atoms with Crippen molar-refractivity contribution in [3.63, 3.8) is 0 Å². The normalized spacial score (nSPS) is 24.8. The monoisotopic (exact) mass is 354 g/mol. The first kappa shape index (κ1) is 16.7. The van der Waals surface area contributed by atoms with E-state index < -0.39 is 21.7 Å². The molecule has 0 saturated carbocycles. The molecule has 2 heterocycles. The van der Waals surface area contributed by atoms with Gasteiger partial charge >= 0.3 is 6.03 Å². The summed E-state index contributed by atoms with van der Waals surface area (Å²) in [6.45, 7) is 6.23. The van der Waals surface area contributed by atoms with Crippen LogP contribution in [-0.2, 0) is 10.0 Å². The molecule has 2 atom stereocenters. The molecule has 0 spiro atoms. The van der Waals surface area contributed by atoms with Gasteiger partial charge in [-0.05, 0) is 39.0 Å². The van der Waals surface area contributed by atoms with E-state index in [1.807, 2.05) is 20.8 Å². The van der Waals surface area contributed by atoms with E-state index in [1.54, 1.807) is 23.1 Å². The summed E-state index contributed by atoms with van der Waals surface area (Å²) in [5.74, 6) is 0.650. The van der Waals surface area contributed by atoms with Crippen LogP contribution in [0.3, 0.4) is 0 Å². The highest BCUT2D eigenvalue weighted by molar-refractivity contribution is 7.92. The summed E-state index contributed by atoms with van der Waals surface area (Å²) < 4.78 is 31.4. The molecule has 1 saturated heterocycles. The van der Waals surface area contributed by atoms with E-state index in [0.29, 0.717) is 18.0 Å². The number of anilines is 2. The van der Waals surface area contributed by atoms with Crippen LogP contribution in [0.4, 0.5) is 16.2 Å². The van der Waals surface area contributed by atoms with Crippen molar-refractivity contribution in [2.45, 2.75) is 38.6 Å². The standard InChI is InChI=1S/C15H22N4O4S/c1-9-12-8-18(14(16)20)15(2,3)19(12)11-7-10(17-24(4,21)22)5-6-13(11)23-9/h5-7,9,12,17H,8H2,1-4H3,(H2,16,20). The van der Waals surface area contributed by atoms with Crippen molar-refractivity contribution in [1.29, 1.82) is 0 Å². The summed E-state index contributed by atoms with van der Waals surface area (Å²) in [7, 11) is -3.38. The highest BCUT2D eigenvalue weighted by atomic mass is 32.2. The number of amides is 2. The number of carbonyl (C=O) groups is 1. The molecule has 3 N–H and O–H groups in total. The average Bonchev–Trinajstić information content (AvgIpc) is 2.71. The van der Waals surface area contributed by atoms with Crippen LogP contribution in [0.5, 0.6) is 5.75 Å². The topological polar surface area (TPSA) is 105 Å². The molecule has 0 radical (unpaired) electrons. The molecule has 2 unspecified atom stereocenters. The van der Waals surface area contributed by atoms with E-state index >= 15 is 0 Å². The zero-order valence-corrected chi connectivity index (χ0v) is 14.9. The van der Waals surface area contributed by atoms with Crippen molar-refractivity contribution in [1.82, 2.24) is 4.90 Å². The number of nitrogens with one attached hydrogen (secondary N) is 1. The minimum Gasteiger partial charge on any atom is -0.486 e. The van der Waals surface area contributed by atoms with Gasteiger partial charge in [0.1, 0.15) is 17.5 Å². The molecule has 1 aromatic rings. The lowest BCUT2D eigenvalue weighted by atomic mass is 10.0. The Morgan fingerprint density at radius 1 is 1.42 bits per heavy atom. The van der Waals surface area contributed by atoms with Gasteiger partial charge in [-0.2, -0.15) is 0 Å². The number of nitrogens with zero attached hydrogens (tertiary/aromatic N) is 2. The predicted octanol–water partition coefficient (Wildman–Crippen LogP) is 1.14. The van der Waals surface area contributed by atoms with Crippen LogP contribution in [0, 0.1) is 0 Å². The minimum atomic E-state index is -3.38. The fraction of sp³-hybridized carbons (Fsp3) is 0.533. The molecule has 0 aliphatic carbocycles. The van der Waals surface area contributed by atoms with Gasteiger partial charge in [-0.1, -0.05) is 0 Å². The fourth-order valence-electron chi connectivity index (χ4n) is 3.58. The number of rotatable bonds is 2. The van der Waals surface area contributed by atoms with Crippen LogP contribution in [0.1, 0.15) is 20.8 Å². The van der Waals surface area contributed by atoms with Crippen LogP contribution in [0.25, 0.3) is 0 Å². The van der Waals surface area contributed by atoms with Gasteiger partial charge in [0.25, 0.3) is 0 Å². The number of nitrogens with two attached hydrogens (primary N) is 1. The van der Waals surface area contributed by atoms with Crippen LogP contribution in [0.2, 0.25) is 0 Å². The van der Waals surface area contributed by atoms with Gasteiger partial charge in [-0.3, -0.25) is 4.72 Å². The molecular formula is C15H22N4O4S. The number of benzene rings is 1. The lowest BCUT2D eigenvalue weighted by Crippen LogP contribution is -2.56. The molecule has 2 aliphatic rings. The third-order valence-corrected chi connectivity index (χ3v) is 5.20. The summed E-state index contributed by atoms with van der Waals surface area (Å²) in [5, 5.41) is 0. The average molecular weight is 354 g/mol. The van der Waals surface area contributed by atoms with Gasteiger partial charge in [0.15, 0.2) is 0 Å². The summed E-state index contributed by atoms with van der Waals surface area (Å²) in [6.07, 6.45) is 0.970. The van der Waals surface area contributed by atoms with Gasteiger partial charge in [0, 0.05) is 6.54 Å².